The van der Waals surface area contributed by atoms with E-state index >= 15 is 0 Å². The van der Waals surface area contributed by atoms with Gasteiger partial charge in [-0.1, -0.05) is 115 Å². The van der Waals surface area contributed by atoms with Gasteiger partial charge in [-0.2, -0.15) is 0 Å². The molecule has 0 amide bonds. The van der Waals surface area contributed by atoms with Crippen LogP contribution in [0.5, 0.6) is 0 Å². The van der Waals surface area contributed by atoms with Crippen LogP contribution in [0, 0.1) is 13.8 Å². The van der Waals surface area contributed by atoms with E-state index in [0.717, 1.165) is 6.42 Å². The quantitative estimate of drug-likeness (QED) is 0.416. The predicted molar refractivity (Wildman–Crippen MR) is 121 cm³/mol. The minimum atomic E-state index is 1.08. The standard InChI is InChI=1S/C14H18.C13H12/c1-4-6-13(7-5-2)14-10-8-12(3)9-11-14;1-11-7-9-13(10-8-11)12-5-3-2-4-6-12/h4,6-11H,5H2,1-3H3;2-10H,1H3/b6-4-,13-7+;. The highest BCUT2D eigenvalue weighted by Crippen LogP contribution is 2.19. The van der Waals surface area contributed by atoms with E-state index in [1.807, 2.05) is 6.07 Å². The van der Waals surface area contributed by atoms with Crippen molar-refractivity contribution in [1.82, 2.24) is 0 Å². The zero-order chi connectivity index (χ0) is 19.5. The lowest BCUT2D eigenvalue weighted by Crippen LogP contribution is -1.81. The van der Waals surface area contributed by atoms with Gasteiger partial charge in [-0.15, -0.1) is 0 Å². The van der Waals surface area contributed by atoms with E-state index in [-0.39, 0.29) is 0 Å². The lowest BCUT2D eigenvalue weighted by atomic mass is 10.0. The first-order chi connectivity index (χ1) is 13.1. The smallest absolute Gasteiger partial charge is 0.0184 e. The lowest BCUT2D eigenvalue weighted by Gasteiger charge is -2.02. The fourth-order valence-corrected chi connectivity index (χ4v) is 2.80. The molecule has 138 valence electrons. The molecule has 0 aliphatic carbocycles. The molecule has 0 aliphatic rings. The van der Waals surface area contributed by atoms with E-state index in [2.05, 4.69) is 119 Å². The number of benzene rings is 3. The highest BCUT2D eigenvalue weighted by atomic mass is 14.0. The topological polar surface area (TPSA) is 0 Å². The Morgan fingerprint density at radius 1 is 0.704 bits per heavy atom. The van der Waals surface area contributed by atoms with Gasteiger partial charge in [-0.05, 0) is 49.5 Å². The van der Waals surface area contributed by atoms with Crippen LogP contribution in [0.4, 0.5) is 0 Å². The zero-order valence-corrected chi connectivity index (χ0v) is 16.9. The van der Waals surface area contributed by atoms with Gasteiger partial charge >= 0.3 is 0 Å². The summed E-state index contributed by atoms with van der Waals surface area (Å²) in [5, 5.41) is 0. The first-order valence-electron chi connectivity index (χ1n) is 9.66. The van der Waals surface area contributed by atoms with E-state index in [1.165, 1.54) is 33.4 Å². The fraction of sp³-hybridized carbons (Fsp3) is 0.185. The summed E-state index contributed by atoms with van der Waals surface area (Å²) in [7, 11) is 0. The Bertz CT molecular complexity index is 848. The normalized spacial score (nSPS) is 11.2. The molecule has 0 atom stereocenters. The van der Waals surface area contributed by atoms with Crippen molar-refractivity contribution >= 4 is 5.57 Å². The summed E-state index contributed by atoms with van der Waals surface area (Å²) in [5.74, 6) is 0. The van der Waals surface area contributed by atoms with Crippen LogP contribution in [-0.4, -0.2) is 0 Å². The van der Waals surface area contributed by atoms with Crippen molar-refractivity contribution in [2.45, 2.75) is 34.1 Å². The predicted octanol–water partition coefficient (Wildman–Crippen LogP) is 8.03. The third-order valence-corrected chi connectivity index (χ3v) is 4.31. The Labute approximate surface area is 164 Å². The molecule has 0 heteroatoms. The van der Waals surface area contributed by atoms with E-state index in [9.17, 15) is 0 Å². The lowest BCUT2D eigenvalue weighted by molar-refractivity contribution is 1.23. The van der Waals surface area contributed by atoms with Crippen molar-refractivity contribution in [3.63, 3.8) is 0 Å². The zero-order valence-electron chi connectivity index (χ0n) is 16.9. The molecule has 27 heavy (non-hydrogen) atoms. The molecule has 0 fully saturated rings. The van der Waals surface area contributed by atoms with Gasteiger partial charge in [0.15, 0.2) is 0 Å². The summed E-state index contributed by atoms with van der Waals surface area (Å²) in [6.07, 6.45) is 7.58. The van der Waals surface area contributed by atoms with Gasteiger partial charge in [0.1, 0.15) is 0 Å². The number of aryl methyl sites for hydroxylation is 2. The summed E-state index contributed by atoms with van der Waals surface area (Å²) in [5.41, 5.74) is 7.80. The average Bonchev–Trinajstić information content (AvgIpc) is 2.70. The van der Waals surface area contributed by atoms with Crippen LogP contribution in [0.15, 0.2) is 97.1 Å². The molecule has 0 unspecified atom stereocenters. The third kappa shape index (κ3) is 6.75. The van der Waals surface area contributed by atoms with Gasteiger partial charge < -0.3 is 0 Å². The summed E-state index contributed by atoms with van der Waals surface area (Å²) in [6, 6.07) is 27.7. The Hall–Kier alpha value is -2.86. The Morgan fingerprint density at radius 3 is 1.74 bits per heavy atom. The first kappa shape index (κ1) is 20.5. The third-order valence-electron chi connectivity index (χ3n) is 4.31. The largest absolute Gasteiger partial charge is 0.0871 e. The van der Waals surface area contributed by atoms with Crippen molar-refractivity contribution in [2.75, 3.05) is 0 Å². The first-order valence-corrected chi connectivity index (χ1v) is 9.66. The molecule has 0 saturated carbocycles. The van der Waals surface area contributed by atoms with Crippen LogP contribution < -0.4 is 0 Å². The molecule has 0 radical (unpaired) electrons. The highest BCUT2D eigenvalue weighted by Gasteiger charge is 1.96. The van der Waals surface area contributed by atoms with Crippen LogP contribution in [0.1, 0.15) is 37.0 Å². The summed E-state index contributed by atoms with van der Waals surface area (Å²) < 4.78 is 0. The van der Waals surface area contributed by atoms with Crippen LogP contribution in [0.25, 0.3) is 16.7 Å². The van der Waals surface area contributed by atoms with E-state index in [0.29, 0.717) is 0 Å². The second kappa shape index (κ2) is 11.0. The molecule has 0 spiro atoms. The van der Waals surface area contributed by atoms with Crippen molar-refractivity contribution in [3.05, 3.63) is 114 Å². The number of hydrogen-bond donors (Lipinski definition) is 0. The summed E-state index contributed by atoms with van der Waals surface area (Å²) in [6.45, 7) is 8.44. The van der Waals surface area contributed by atoms with E-state index < -0.39 is 0 Å². The van der Waals surface area contributed by atoms with Crippen LogP contribution in [0.3, 0.4) is 0 Å². The van der Waals surface area contributed by atoms with E-state index in [4.69, 9.17) is 0 Å². The van der Waals surface area contributed by atoms with Crippen molar-refractivity contribution in [2.24, 2.45) is 0 Å². The maximum atomic E-state index is 2.25. The molecule has 0 bridgehead atoms. The average molecular weight is 355 g/mol. The molecule has 3 rings (SSSR count). The highest BCUT2D eigenvalue weighted by molar-refractivity contribution is 5.73. The summed E-state index contributed by atoms with van der Waals surface area (Å²) in [4.78, 5) is 0. The maximum Gasteiger partial charge on any atom is -0.0184 e. The molecular weight excluding hydrogens is 324 g/mol. The van der Waals surface area contributed by atoms with Gasteiger partial charge in [0, 0.05) is 0 Å². The molecular formula is C27H30. The molecule has 0 aliphatic heterocycles. The van der Waals surface area contributed by atoms with Crippen LogP contribution in [0.2, 0.25) is 0 Å². The molecule has 0 saturated heterocycles. The van der Waals surface area contributed by atoms with Crippen molar-refractivity contribution in [3.8, 4) is 11.1 Å². The van der Waals surface area contributed by atoms with Crippen LogP contribution in [-0.2, 0) is 0 Å². The van der Waals surface area contributed by atoms with Gasteiger partial charge in [0.05, 0.1) is 0 Å². The van der Waals surface area contributed by atoms with Gasteiger partial charge in [0.25, 0.3) is 0 Å². The van der Waals surface area contributed by atoms with E-state index in [1.54, 1.807) is 0 Å². The second-order valence-corrected chi connectivity index (χ2v) is 6.67. The molecule has 0 aromatic heterocycles. The number of allylic oxidation sites excluding steroid dienone is 4. The monoisotopic (exact) mass is 354 g/mol. The SMILES string of the molecule is C/C=C\C(=C/CC)c1ccc(C)cc1.Cc1ccc(-c2ccccc2)cc1. The molecule has 0 heterocycles. The number of hydrogen-bond acceptors (Lipinski definition) is 0. The fourth-order valence-electron chi connectivity index (χ4n) is 2.80. The van der Waals surface area contributed by atoms with Gasteiger partial charge in [-0.3, -0.25) is 0 Å². The summed E-state index contributed by atoms with van der Waals surface area (Å²) >= 11 is 0. The molecule has 3 aromatic carbocycles. The minimum Gasteiger partial charge on any atom is -0.0871 e. The van der Waals surface area contributed by atoms with Gasteiger partial charge in [-0.25, -0.2) is 0 Å². The van der Waals surface area contributed by atoms with Gasteiger partial charge in [0.2, 0.25) is 0 Å². The maximum absolute atomic E-state index is 2.25. The molecule has 0 nitrogen and oxygen atoms in total. The minimum absolute atomic E-state index is 1.08. The Kier molecular flexibility index (Phi) is 8.32. The van der Waals surface area contributed by atoms with Crippen LogP contribution >= 0.6 is 0 Å². The Morgan fingerprint density at radius 2 is 1.22 bits per heavy atom. The Balaban J connectivity index is 0.000000194. The molecule has 0 N–H and O–H groups in total. The second-order valence-electron chi connectivity index (χ2n) is 6.67. The molecule has 3 aromatic rings. The van der Waals surface area contributed by atoms with Crippen molar-refractivity contribution in [1.29, 1.82) is 0 Å². The van der Waals surface area contributed by atoms with Crippen molar-refractivity contribution < 1.29 is 0 Å². The number of rotatable bonds is 4.